The summed E-state index contributed by atoms with van der Waals surface area (Å²) in [6.07, 6.45) is -3.70. The van der Waals surface area contributed by atoms with E-state index in [9.17, 15) is 21.6 Å². The van der Waals surface area contributed by atoms with Crippen LogP contribution in [-0.4, -0.2) is 45.7 Å². The third-order valence-electron chi connectivity index (χ3n) is 3.71. The summed E-state index contributed by atoms with van der Waals surface area (Å²) >= 11 is 5.95. The summed E-state index contributed by atoms with van der Waals surface area (Å²) < 4.78 is 63.9. The molecule has 1 aromatic rings. The standard InChI is InChI=1S/C14H18ClF3N2O2S/c1-10-2-3-13(12(15)6-10)23(21,22)19-7-11-4-5-20(8-11)9-14(16,17)18/h2-3,6,11,19H,4-5,7-9H2,1H3/t11-/m0/s1. The number of benzene rings is 1. The van der Waals surface area contributed by atoms with Crippen LogP contribution < -0.4 is 4.72 Å². The smallest absolute Gasteiger partial charge is 0.295 e. The highest BCUT2D eigenvalue weighted by atomic mass is 35.5. The molecule has 1 fully saturated rings. The van der Waals surface area contributed by atoms with E-state index < -0.39 is 22.7 Å². The average molecular weight is 371 g/mol. The number of halogens is 4. The van der Waals surface area contributed by atoms with Crippen molar-refractivity contribution >= 4 is 21.6 Å². The van der Waals surface area contributed by atoms with Crippen molar-refractivity contribution in [2.75, 3.05) is 26.2 Å². The first-order chi connectivity index (χ1) is 10.6. The summed E-state index contributed by atoms with van der Waals surface area (Å²) in [5.41, 5.74) is 0.840. The minimum atomic E-state index is -4.23. The SMILES string of the molecule is Cc1ccc(S(=O)(=O)NC[C@@H]2CCN(CC(F)(F)F)C2)c(Cl)c1. The Labute approximate surface area is 138 Å². The Bertz CT molecular complexity index is 664. The predicted octanol–water partition coefficient (Wildman–Crippen LogP) is 2.81. The Balaban J connectivity index is 1.93. The highest BCUT2D eigenvalue weighted by Crippen LogP contribution is 2.24. The summed E-state index contributed by atoms with van der Waals surface area (Å²) in [5.74, 6) is -0.142. The van der Waals surface area contributed by atoms with E-state index in [1.54, 1.807) is 19.1 Å². The van der Waals surface area contributed by atoms with Gasteiger partial charge in [0, 0.05) is 13.1 Å². The number of rotatable bonds is 5. The number of sulfonamides is 1. The molecule has 0 amide bonds. The topological polar surface area (TPSA) is 49.4 Å². The molecule has 0 aliphatic carbocycles. The molecule has 9 heteroatoms. The molecule has 0 aromatic heterocycles. The number of nitrogens with one attached hydrogen (secondary N) is 1. The molecule has 1 N–H and O–H groups in total. The van der Waals surface area contributed by atoms with Crippen molar-refractivity contribution in [1.29, 1.82) is 0 Å². The van der Waals surface area contributed by atoms with E-state index in [-0.39, 0.29) is 28.9 Å². The molecule has 1 heterocycles. The van der Waals surface area contributed by atoms with E-state index in [0.29, 0.717) is 13.0 Å². The van der Waals surface area contributed by atoms with Crippen LogP contribution in [0.2, 0.25) is 5.02 Å². The van der Waals surface area contributed by atoms with E-state index >= 15 is 0 Å². The highest BCUT2D eigenvalue weighted by molar-refractivity contribution is 7.89. The van der Waals surface area contributed by atoms with Gasteiger partial charge in [0.25, 0.3) is 0 Å². The maximum Gasteiger partial charge on any atom is 0.401 e. The molecule has 130 valence electrons. The maximum absolute atomic E-state index is 12.3. The van der Waals surface area contributed by atoms with Crippen molar-refractivity contribution in [3.63, 3.8) is 0 Å². The first-order valence-corrected chi connectivity index (χ1v) is 8.98. The maximum atomic E-state index is 12.3. The third kappa shape index (κ3) is 5.34. The molecule has 1 aliphatic heterocycles. The molecule has 0 unspecified atom stereocenters. The van der Waals surface area contributed by atoms with E-state index in [2.05, 4.69) is 4.72 Å². The molecule has 4 nitrogen and oxygen atoms in total. The van der Waals surface area contributed by atoms with Gasteiger partial charge in [-0.05, 0) is 43.5 Å². The lowest BCUT2D eigenvalue weighted by Gasteiger charge is -2.18. The van der Waals surface area contributed by atoms with Crippen LogP contribution >= 0.6 is 11.6 Å². The van der Waals surface area contributed by atoms with Crippen LogP contribution in [0.15, 0.2) is 23.1 Å². The van der Waals surface area contributed by atoms with Crippen molar-refractivity contribution in [2.45, 2.75) is 24.4 Å². The van der Waals surface area contributed by atoms with Gasteiger partial charge in [0.2, 0.25) is 10.0 Å². The Morgan fingerprint density at radius 3 is 2.70 bits per heavy atom. The van der Waals surface area contributed by atoms with Gasteiger partial charge in [-0.2, -0.15) is 13.2 Å². The largest absolute Gasteiger partial charge is 0.401 e. The number of likely N-dealkylation sites (tertiary alicyclic amines) is 1. The third-order valence-corrected chi connectivity index (χ3v) is 5.62. The molecule has 1 aliphatic rings. The number of aryl methyl sites for hydroxylation is 1. The predicted molar refractivity (Wildman–Crippen MR) is 82.0 cm³/mol. The minimum absolute atomic E-state index is 0.0186. The monoisotopic (exact) mass is 370 g/mol. The average Bonchev–Trinajstić information content (AvgIpc) is 2.81. The molecule has 23 heavy (non-hydrogen) atoms. The number of nitrogens with zero attached hydrogens (tertiary/aromatic N) is 1. The van der Waals surface area contributed by atoms with Crippen LogP contribution in [0, 0.1) is 12.8 Å². The van der Waals surface area contributed by atoms with E-state index in [0.717, 1.165) is 5.56 Å². The normalized spacial score (nSPS) is 20.1. The van der Waals surface area contributed by atoms with Gasteiger partial charge in [-0.25, -0.2) is 13.1 Å². The second kappa shape index (κ2) is 6.96. The second-order valence-electron chi connectivity index (χ2n) is 5.79. The fourth-order valence-electron chi connectivity index (χ4n) is 2.61. The van der Waals surface area contributed by atoms with Gasteiger partial charge in [0.05, 0.1) is 11.6 Å². The van der Waals surface area contributed by atoms with Crippen LogP contribution in [0.1, 0.15) is 12.0 Å². The molecular weight excluding hydrogens is 353 g/mol. The first-order valence-electron chi connectivity index (χ1n) is 7.12. The molecule has 0 spiro atoms. The van der Waals surface area contributed by atoms with E-state index in [1.165, 1.54) is 11.0 Å². The Kier molecular flexibility index (Phi) is 5.60. The number of hydrogen-bond acceptors (Lipinski definition) is 3. The van der Waals surface area contributed by atoms with Gasteiger partial charge < -0.3 is 0 Å². The van der Waals surface area contributed by atoms with E-state index in [4.69, 9.17) is 11.6 Å². The van der Waals surface area contributed by atoms with Gasteiger partial charge >= 0.3 is 6.18 Å². The lowest BCUT2D eigenvalue weighted by Crippen LogP contribution is -2.34. The summed E-state index contributed by atoms with van der Waals surface area (Å²) in [7, 11) is -3.77. The van der Waals surface area contributed by atoms with Crippen molar-refractivity contribution in [1.82, 2.24) is 9.62 Å². The van der Waals surface area contributed by atoms with Gasteiger partial charge in [0.1, 0.15) is 4.90 Å². The first kappa shape index (κ1) is 18.5. The molecule has 1 saturated heterocycles. The summed E-state index contributed by atoms with van der Waals surface area (Å²) in [4.78, 5) is 1.27. The second-order valence-corrected chi connectivity index (χ2v) is 7.93. The minimum Gasteiger partial charge on any atom is -0.295 e. The van der Waals surface area contributed by atoms with Gasteiger partial charge in [-0.3, -0.25) is 4.90 Å². The van der Waals surface area contributed by atoms with Crippen LogP contribution in [0.3, 0.4) is 0 Å². The molecule has 2 rings (SSSR count). The summed E-state index contributed by atoms with van der Waals surface area (Å²) in [5, 5.41) is 0.127. The Hall–Kier alpha value is -0.830. The zero-order valence-corrected chi connectivity index (χ0v) is 14.1. The zero-order valence-electron chi connectivity index (χ0n) is 12.5. The lowest BCUT2D eigenvalue weighted by molar-refractivity contribution is -0.143. The summed E-state index contributed by atoms with van der Waals surface area (Å²) in [6, 6.07) is 4.61. The molecule has 1 atom stereocenters. The molecular formula is C14H18ClF3N2O2S. The summed E-state index contributed by atoms with van der Waals surface area (Å²) in [6.45, 7) is 1.48. The Morgan fingerprint density at radius 1 is 1.39 bits per heavy atom. The fraction of sp³-hybridized carbons (Fsp3) is 0.571. The van der Waals surface area contributed by atoms with Crippen molar-refractivity contribution in [3.8, 4) is 0 Å². The number of hydrogen-bond donors (Lipinski definition) is 1. The van der Waals surface area contributed by atoms with Gasteiger partial charge in [-0.1, -0.05) is 17.7 Å². The van der Waals surface area contributed by atoms with Crippen LogP contribution in [0.5, 0.6) is 0 Å². The van der Waals surface area contributed by atoms with Gasteiger partial charge in [0.15, 0.2) is 0 Å². The van der Waals surface area contributed by atoms with Gasteiger partial charge in [-0.15, -0.1) is 0 Å². The van der Waals surface area contributed by atoms with Crippen molar-refractivity contribution in [3.05, 3.63) is 28.8 Å². The van der Waals surface area contributed by atoms with E-state index in [1.807, 2.05) is 0 Å². The van der Waals surface area contributed by atoms with Crippen molar-refractivity contribution < 1.29 is 21.6 Å². The quantitative estimate of drug-likeness (QED) is 0.867. The molecule has 1 aromatic carbocycles. The highest BCUT2D eigenvalue weighted by Gasteiger charge is 2.34. The number of alkyl halides is 3. The molecule has 0 bridgehead atoms. The fourth-order valence-corrected chi connectivity index (χ4v) is 4.32. The van der Waals surface area contributed by atoms with Crippen LogP contribution in [0.25, 0.3) is 0 Å². The van der Waals surface area contributed by atoms with Crippen molar-refractivity contribution in [2.24, 2.45) is 5.92 Å². The molecule has 0 radical (unpaired) electrons. The lowest BCUT2D eigenvalue weighted by atomic mass is 10.1. The zero-order chi connectivity index (χ0) is 17.3. The van der Waals surface area contributed by atoms with Crippen LogP contribution in [0.4, 0.5) is 13.2 Å². The van der Waals surface area contributed by atoms with Crippen LogP contribution in [-0.2, 0) is 10.0 Å². The Morgan fingerprint density at radius 2 is 2.09 bits per heavy atom. The molecule has 0 saturated carbocycles.